The molecule has 1 aromatic heterocycles. The normalized spacial score (nSPS) is 11.4. The van der Waals surface area contributed by atoms with Gasteiger partial charge in [-0.15, -0.1) is 9.97 Å². The zero-order chi connectivity index (χ0) is 13.8. The van der Waals surface area contributed by atoms with Crippen LogP contribution in [0.25, 0.3) is 0 Å². The van der Waals surface area contributed by atoms with Gasteiger partial charge in [-0.1, -0.05) is 18.2 Å². The van der Waals surface area contributed by atoms with Crippen molar-refractivity contribution < 1.29 is 4.99 Å². The molecule has 0 spiro atoms. The van der Waals surface area contributed by atoms with Gasteiger partial charge in [0.15, 0.2) is 0 Å². The zero-order valence-corrected chi connectivity index (χ0v) is 11.4. The summed E-state index contributed by atoms with van der Waals surface area (Å²) in [5, 5.41) is 3.10. The number of rotatable bonds is 2. The van der Waals surface area contributed by atoms with Crippen molar-refractivity contribution in [3.8, 4) is 0 Å². The highest BCUT2D eigenvalue weighted by atomic mass is 15.2. The van der Waals surface area contributed by atoms with E-state index in [-0.39, 0.29) is 0 Å². The van der Waals surface area contributed by atoms with Gasteiger partial charge < -0.3 is 5.73 Å². The average Bonchev–Trinajstić information content (AvgIpc) is 2.30. The molecule has 0 aliphatic heterocycles. The summed E-state index contributed by atoms with van der Waals surface area (Å²) >= 11 is 0. The maximum Gasteiger partial charge on any atom is 0.354 e. The zero-order valence-electron chi connectivity index (χ0n) is 11.4. The predicted octanol–water partition coefficient (Wildman–Crippen LogP) is 0.541. The topological polar surface area (TPSA) is 77.8 Å². The van der Waals surface area contributed by atoms with Crippen LogP contribution < -0.4 is 16.0 Å². The van der Waals surface area contributed by atoms with Gasteiger partial charge in [-0.05, 0) is 32.4 Å². The summed E-state index contributed by atoms with van der Waals surface area (Å²) in [4.78, 5) is 11.5. The summed E-state index contributed by atoms with van der Waals surface area (Å²) in [6, 6.07) is 9.83. The molecule has 0 amide bonds. The van der Waals surface area contributed by atoms with Crippen molar-refractivity contribution >= 4 is 17.6 Å². The highest BCUT2D eigenvalue weighted by Crippen LogP contribution is 2.11. The van der Waals surface area contributed by atoms with E-state index in [1.165, 1.54) is 0 Å². The van der Waals surface area contributed by atoms with Crippen molar-refractivity contribution in [2.24, 2.45) is 5.73 Å². The molecule has 5 nitrogen and oxygen atoms in total. The van der Waals surface area contributed by atoms with Gasteiger partial charge in [0.2, 0.25) is 0 Å². The number of nitrogens with one attached hydrogen (secondary N) is 2. The second-order valence-corrected chi connectivity index (χ2v) is 4.45. The minimum atomic E-state index is 0.402. The molecule has 1 aromatic carbocycles. The van der Waals surface area contributed by atoms with E-state index in [0.717, 1.165) is 22.6 Å². The second-order valence-electron chi connectivity index (χ2n) is 4.45. The van der Waals surface area contributed by atoms with Crippen LogP contribution in [0.5, 0.6) is 0 Å². The standard InChI is InChI=1S/C14H17N5/c1-9-6-4-5-7-12(9)18-13(15)19-14-16-10(2)8-11(3)17-14/h4-8H,1-3H3,(H3,15,16,17,18,19)/p+1. The molecule has 2 rings (SSSR count). The second kappa shape index (κ2) is 5.48. The number of anilines is 1. The number of nitrogens with two attached hydrogens (primary N) is 1. The number of guanidine groups is 1. The first kappa shape index (κ1) is 13.0. The number of para-hydroxylation sites is 1. The third kappa shape index (κ3) is 3.51. The van der Waals surface area contributed by atoms with Gasteiger partial charge in [0.05, 0.1) is 17.1 Å². The van der Waals surface area contributed by atoms with Crippen molar-refractivity contribution in [2.75, 3.05) is 5.32 Å². The van der Waals surface area contributed by atoms with Crippen LogP contribution in [0.1, 0.15) is 17.0 Å². The summed E-state index contributed by atoms with van der Waals surface area (Å²) in [7, 11) is 0. The molecule has 0 bridgehead atoms. The van der Waals surface area contributed by atoms with Crippen LogP contribution in [-0.2, 0) is 0 Å². The van der Waals surface area contributed by atoms with E-state index in [9.17, 15) is 0 Å². The van der Waals surface area contributed by atoms with Crippen molar-refractivity contribution in [1.82, 2.24) is 9.97 Å². The maximum absolute atomic E-state index is 5.92. The lowest BCUT2D eigenvalue weighted by atomic mass is 10.2. The minimum absolute atomic E-state index is 0.402. The van der Waals surface area contributed by atoms with Crippen LogP contribution in [0.3, 0.4) is 0 Å². The highest BCUT2D eigenvalue weighted by molar-refractivity contribution is 5.88. The number of nitrogens with zero attached hydrogens (tertiary/aromatic N) is 2. The molecule has 0 fully saturated rings. The van der Waals surface area contributed by atoms with Gasteiger partial charge in [0, 0.05) is 6.07 Å². The molecule has 0 atom stereocenters. The molecule has 0 aliphatic rings. The molecule has 19 heavy (non-hydrogen) atoms. The lowest BCUT2D eigenvalue weighted by molar-refractivity contribution is -0.365. The van der Waals surface area contributed by atoms with Gasteiger partial charge in [-0.3, -0.25) is 5.32 Å². The summed E-state index contributed by atoms with van der Waals surface area (Å²) in [5.41, 5.74) is 9.80. The lowest BCUT2D eigenvalue weighted by Crippen LogP contribution is -2.72. The van der Waals surface area contributed by atoms with Crippen LogP contribution >= 0.6 is 0 Å². The van der Waals surface area contributed by atoms with E-state index in [2.05, 4.69) is 20.3 Å². The fraction of sp³-hybridized carbons (Fsp3) is 0.214. The van der Waals surface area contributed by atoms with Crippen molar-refractivity contribution in [3.05, 3.63) is 47.3 Å². The minimum Gasteiger partial charge on any atom is -0.322 e. The van der Waals surface area contributed by atoms with Crippen LogP contribution in [0.15, 0.2) is 30.3 Å². The molecule has 0 saturated carbocycles. The Morgan fingerprint density at radius 2 is 1.74 bits per heavy atom. The Labute approximate surface area is 112 Å². The molecule has 5 heteroatoms. The maximum atomic E-state index is 5.92. The summed E-state index contributed by atoms with van der Waals surface area (Å²) in [6.45, 7) is 5.86. The quantitative estimate of drug-likeness (QED) is 0.541. The third-order valence-corrected chi connectivity index (χ3v) is 2.64. The Morgan fingerprint density at radius 3 is 2.37 bits per heavy atom. The summed E-state index contributed by atoms with van der Waals surface area (Å²) < 4.78 is 0. The molecule has 2 aromatic rings. The molecule has 98 valence electrons. The molecular formula is C14H18N5+. The van der Waals surface area contributed by atoms with E-state index >= 15 is 0 Å². The number of aromatic nitrogens is 2. The number of aryl methyl sites for hydroxylation is 3. The van der Waals surface area contributed by atoms with E-state index < -0.39 is 0 Å². The fourth-order valence-corrected chi connectivity index (χ4v) is 1.79. The van der Waals surface area contributed by atoms with Gasteiger partial charge in [-0.2, -0.15) is 0 Å². The number of hydrogen-bond acceptors (Lipinski definition) is 2. The van der Waals surface area contributed by atoms with Crippen molar-refractivity contribution in [1.29, 1.82) is 0 Å². The Kier molecular flexibility index (Phi) is 3.75. The monoisotopic (exact) mass is 256 g/mol. The molecule has 0 saturated heterocycles. The Hall–Kier alpha value is -2.43. The Bertz CT molecular complexity index is 599. The van der Waals surface area contributed by atoms with E-state index in [0.29, 0.717) is 11.9 Å². The Morgan fingerprint density at radius 1 is 1.11 bits per heavy atom. The average molecular weight is 256 g/mol. The van der Waals surface area contributed by atoms with Crippen LogP contribution in [0.4, 0.5) is 11.6 Å². The van der Waals surface area contributed by atoms with Gasteiger partial charge >= 0.3 is 5.95 Å². The fourth-order valence-electron chi connectivity index (χ4n) is 1.79. The molecule has 0 unspecified atom stereocenters. The highest BCUT2D eigenvalue weighted by Gasteiger charge is 2.06. The van der Waals surface area contributed by atoms with E-state index in [1.807, 2.05) is 51.1 Å². The predicted molar refractivity (Wildman–Crippen MR) is 76.1 cm³/mol. The molecule has 1 heterocycles. The van der Waals surface area contributed by atoms with E-state index in [1.54, 1.807) is 0 Å². The largest absolute Gasteiger partial charge is 0.354 e. The van der Waals surface area contributed by atoms with Crippen LogP contribution in [0, 0.1) is 20.8 Å². The summed E-state index contributed by atoms with van der Waals surface area (Å²) in [6.07, 6.45) is 0. The van der Waals surface area contributed by atoms with E-state index in [4.69, 9.17) is 5.73 Å². The van der Waals surface area contributed by atoms with Crippen molar-refractivity contribution in [2.45, 2.75) is 20.8 Å². The Balaban J connectivity index is 2.22. The van der Waals surface area contributed by atoms with Gasteiger partial charge in [0.25, 0.3) is 5.96 Å². The third-order valence-electron chi connectivity index (χ3n) is 2.64. The van der Waals surface area contributed by atoms with Gasteiger partial charge in [0.1, 0.15) is 0 Å². The van der Waals surface area contributed by atoms with Crippen molar-refractivity contribution in [3.63, 3.8) is 0 Å². The smallest absolute Gasteiger partial charge is 0.322 e. The van der Waals surface area contributed by atoms with Crippen LogP contribution in [0.2, 0.25) is 0 Å². The first-order chi connectivity index (χ1) is 9.04. The number of benzene rings is 1. The molecular weight excluding hydrogens is 238 g/mol. The summed E-state index contributed by atoms with van der Waals surface area (Å²) in [5.74, 6) is 0.899. The SMILES string of the molecule is Cc1cc(C)nc([NH+]=C(N)Nc2ccccc2C)n1. The first-order valence-corrected chi connectivity index (χ1v) is 6.09. The van der Waals surface area contributed by atoms with Crippen LogP contribution in [-0.4, -0.2) is 15.9 Å². The molecule has 4 N–H and O–H groups in total. The lowest BCUT2D eigenvalue weighted by Gasteiger charge is -2.04. The molecule has 0 radical (unpaired) electrons. The molecule has 0 aliphatic carbocycles. The van der Waals surface area contributed by atoms with Gasteiger partial charge in [-0.25, -0.2) is 4.99 Å². The first-order valence-electron chi connectivity index (χ1n) is 6.09. The number of hydrogen-bond donors (Lipinski definition) is 3.